The van der Waals surface area contributed by atoms with Crippen molar-refractivity contribution in [3.63, 3.8) is 0 Å². The molecule has 0 radical (unpaired) electrons. The molecular weight excluding hydrogens is 358 g/mol. The molecule has 0 amide bonds. The number of methoxy groups -OCH3 is 2. The van der Waals surface area contributed by atoms with Crippen molar-refractivity contribution in [1.29, 1.82) is 0 Å². The standard InChI is InChI=1S/C15H21BrF2N2O2/c1-21-13-7-10(11(16)8-14(13)22-2)12(9-15(17)18)20-5-3-19-4-6-20/h7-8,12,15,19H,3-6,9H2,1-2H3/t12-/m0/s1. The van der Waals surface area contributed by atoms with E-state index >= 15 is 0 Å². The first kappa shape index (κ1) is 17.4. The van der Waals surface area contributed by atoms with Crippen LogP contribution in [-0.4, -0.2) is 51.7 Å². The third kappa shape index (κ3) is 4.08. The van der Waals surface area contributed by atoms with Gasteiger partial charge >= 0.3 is 0 Å². The summed E-state index contributed by atoms with van der Waals surface area (Å²) in [5.41, 5.74) is 0.805. The van der Waals surface area contributed by atoms with E-state index in [9.17, 15) is 8.78 Å². The lowest BCUT2D eigenvalue weighted by Crippen LogP contribution is -2.45. The van der Waals surface area contributed by atoms with Crippen LogP contribution in [0.25, 0.3) is 0 Å². The lowest BCUT2D eigenvalue weighted by atomic mass is 10.0. The highest BCUT2D eigenvalue weighted by Gasteiger charge is 2.28. The van der Waals surface area contributed by atoms with E-state index in [1.807, 2.05) is 0 Å². The second-order valence-corrected chi connectivity index (χ2v) is 6.01. The Kier molecular flexibility index (Phi) is 6.40. The van der Waals surface area contributed by atoms with Gasteiger partial charge in [-0.2, -0.15) is 0 Å². The molecule has 0 bridgehead atoms. The van der Waals surface area contributed by atoms with Gasteiger partial charge in [-0.3, -0.25) is 4.90 Å². The molecule has 1 heterocycles. The van der Waals surface area contributed by atoms with Crippen LogP contribution in [0, 0.1) is 0 Å². The molecule has 22 heavy (non-hydrogen) atoms. The first-order chi connectivity index (χ1) is 10.6. The Labute approximate surface area is 137 Å². The second-order valence-electron chi connectivity index (χ2n) is 5.16. The number of nitrogens with zero attached hydrogens (tertiary/aromatic N) is 1. The molecule has 0 aliphatic carbocycles. The summed E-state index contributed by atoms with van der Waals surface area (Å²) >= 11 is 3.49. The lowest BCUT2D eigenvalue weighted by molar-refractivity contribution is 0.0735. The summed E-state index contributed by atoms with van der Waals surface area (Å²) in [6.07, 6.45) is -2.56. The Morgan fingerprint density at radius 2 is 1.77 bits per heavy atom. The van der Waals surface area contributed by atoms with Crippen molar-refractivity contribution < 1.29 is 18.3 Å². The van der Waals surface area contributed by atoms with Crippen molar-refractivity contribution in [3.8, 4) is 11.5 Å². The van der Waals surface area contributed by atoms with Gasteiger partial charge in [-0.05, 0) is 17.7 Å². The van der Waals surface area contributed by atoms with Gasteiger partial charge in [0, 0.05) is 43.1 Å². The zero-order valence-electron chi connectivity index (χ0n) is 12.7. The van der Waals surface area contributed by atoms with Crippen LogP contribution in [-0.2, 0) is 0 Å². The summed E-state index contributed by atoms with van der Waals surface area (Å²) in [5, 5.41) is 3.24. The van der Waals surface area contributed by atoms with Crippen LogP contribution in [0.4, 0.5) is 8.78 Å². The van der Waals surface area contributed by atoms with E-state index in [4.69, 9.17) is 9.47 Å². The van der Waals surface area contributed by atoms with Crippen molar-refractivity contribution >= 4 is 15.9 Å². The van der Waals surface area contributed by atoms with Gasteiger partial charge in [0.1, 0.15) is 0 Å². The van der Waals surface area contributed by atoms with E-state index in [0.717, 1.165) is 36.2 Å². The summed E-state index contributed by atoms with van der Waals surface area (Å²) in [4.78, 5) is 2.09. The second kappa shape index (κ2) is 8.08. The van der Waals surface area contributed by atoms with Crippen molar-refractivity contribution in [1.82, 2.24) is 10.2 Å². The zero-order valence-corrected chi connectivity index (χ0v) is 14.3. The average molecular weight is 379 g/mol. The van der Waals surface area contributed by atoms with E-state index < -0.39 is 6.43 Å². The predicted octanol–water partition coefficient (Wildman–Crippen LogP) is 3.07. The fraction of sp³-hybridized carbons (Fsp3) is 0.600. The maximum absolute atomic E-state index is 13.1. The molecule has 7 heteroatoms. The van der Waals surface area contributed by atoms with E-state index in [-0.39, 0.29) is 12.5 Å². The normalized spacial score (nSPS) is 17.5. The molecule has 1 saturated heterocycles. The molecule has 1 aliphatic rings. The van der Waals surface area contributed by atoms with Crippen LogP contribution in [0.15, 0.2) is 16.6 Å². The number of nitrogens with one attached hydrogen (secondary N) is 1. The molecule has 1 aromatic rings. The van der Waals surface area contributed by atoms with Crippen LogP contribution in [0.5, 0.6) is 11.5 Å². The van der Waals surface area contributed by atoms with Crippen LogP contribution >= 0.6 is 15.9 Å². The van der Waals surface area contributed by atoms with Gasteiger partial charge in [-0.1, -0.05) is 15.9 Å². The Hall–Kier alpha value is -0.920. The average Bonchev–Trinajstić information content (AvgIpc) is 2.53. The number of halogens is 3. The van der Waals surface area contributed by atoms with Crippen molar-refractivity contribution in [2.45, 2.75) is 18.9 Å². The molecule has 1 N–H and O–H groups in total. The van der Waals surface area contributed by atoms with E-state index in [1.54, 1.807) is 26.4 Å². The molecule has 1 atom stereocenters. The summed E-state index contributed by atoms with van der Waals surface area (Å²) in [6, 6.07) is 3.21. The Balaban J connectivity index is 2.37. The Bertz CT molecular complexity index is 497. The van der Waals surface area contributed by atoms with Gasteiger partial charge in [0.25, 0.3) is 0 Å². The molecule has 4 nitrogen and oxygen atoms in total. The molecule has 0 unspecified atom stereocenters. The molecular formula is C15H21BrF2N2O2. The molecule has 1 aromatic carbocycles. The van der Waals surface area contributed by atoms with Crippen LogP contribution < -0.4 is 14.8 Å². The van der Waals surface area contributed by atoms with Crippen LogP contribution in [0.1, 0.15) is 18.0 Å². The smallest absolute Gasteiger partial charge is 0.240 e. The van der Waals surface area contributed by atoms with Crippen molar-refractivity contribution in [3.05, 3.63) is 22.2 Å². The maximum Gasteiger partial charge on any atom is 0.240 e. The topological polar surface area (TPSA) is 33.7 Å². The highest BCUT2D eigenvalue weighted by Crippen LogP contribution is 2.39. The highest BCUT2D eigenvalue weighted by molar-refractivity contribution is 9.10. The van der Waals surface area contributed by atoms with E-state index in [2.05, 4.69) is 26.1 Å². The minimum absolute atomic E-state index is 0.200. The fourth-order valence-electron chi connectivity index (χ4n) is 2.76. The first-order valence-corrected chi connectivity index (χ1v) is 8.00. The first-order valence-electron chi connectivity index (χ1n) is 7.21. The number of rotatable bonds is 6. The van der Waals surface area contributed by atoms with Crippen molar-refractivity contribution in [2.75, 3.05) is 40.4 Å². The maximum atomic E-state index is 13.1. The molecule has 124 valence electrons. The van der Waals surface area contributed by atoms with Gasteiger partial charge < -0.3 is 14.8 Å². The molecule has 0 aromatic heterocycles. The number of piperazine rings is 1. The molecule has 1 fully saturated rings. The quantitative estimate of drug-likeness (QED) is 0.824. The van der Waals surface area contributed by atoms with Gasteiger partial charge in [-0.25, -0.2) is 8.78 Å². The number of hydrogen-bond acceptors (Lipinski definition) is 4. The number of hydrogen-bond donors (Lipinski definition) is 1. The highest BCUT2D eigenvalue weighted by atomic mass is 79.9. The lowest BCUT2D eigenvalue weighted by Gasteiger charge is -2.35. The Morgan fingerprint density at radius 1 is 1.18 bits per heavy atom. The third-order valence-electron chi connectivity index (χ3n) is 3.86. The minimum Gasteiger partial charge on any atom is -0.493 e. The minimum atomic E-state index is -2.36. The molecule has 0 saturated carbocycles. The summed E-state index contributed by atoms with van der Waals surface area (Å²) < 4.78 is 37.5. The monoisotopic (exact) mass is 378 g/mol. The van der Waals surface area contributed by atoms with Crippen LogP contribution in [0.2, 0.25) is 0 Å². The molecule has 1 aliphatic heterocycles. The fourth-order valence-corrected chi connectivity index (χ4v) is 3.35. The molecule has 2 rings (SSSR count). The number of alkyl halides is 2. The van der Waals surface area contributed by atoms with E-state index in [1.165, 1.54) is 0 Å². The van der Waals surface area contributed by atoms with Gasteiger partial charge in [0.15, 0.2) is 11.5 Å². The largest absolute Gasteiger partial charge is 0.493 e. The summed E-state index contributed by atoms with van der Waals surface area (Å²) in [5.74, 6) is 1.13. The Morgan fingerprint density at radius 3 is 2.32 bits per heavy atom. The zero-order chi connectivity index (χ0) is 16.1. The predicted molar refractivity (Wildman–Crippen MR) is 85.1 cm³/mol. The number of benzene rings is 1. The SMILES string of the molecule is COc1cc(Br)c([C@H](CC(F)F)N2CCNCC2)cc1OC. The third-order valence-corrected chi connectivity index (χ3v) is 4.54. The molecule has 0 spiro atoms. The number of ether oxygens (including phenoxy) is 2. The van der Waals surface area contributed by atoms with Crippen LogP contribution in [0.3, 0.4) is 0 Å². The van der Waals surface area contributed by atoms with E-state index in [0.29, 0.717) is 11.5 Å². The van der Waals surface area contributed by atoms with Gasteiger partial charge in [-0.15, -0.1) is 0 Å². The summed E-state index contributed by atoms with van der Waals surface area (Å²) in [7, 11) is 3.10. The summed E-state index contributed by atoms with van der Waals surface area (Å²) in [6.45, 7) is 3.12. The van der Waals surface area contributed by atoms with Gasteiger partial charge in [0.2, 0.25) is 6.43 Å². The van der Waals surface area contributed by atoms with Gasteiger partial charge in [0.05, 0.1) is 14.2 Å². The van der Waals surface area contributed by atoms with Crippen molar-refractivity contribution in [2.24, 2.45) is 0 Å².